The summed E-state index contributed by atoms with van der Waals surface area (Å²) in [6.07, 6.45) is 1.19. The van der Waals surface area contributed by atoms with Gasteiger partial charge in [-0.05, 0) is 34.5 Å². The van der Waals surface area contributed by atoms with E-state index in [4.69, 9.17) is 0 Å². The predicted molar refractivity (Wildman–Crippen MR) is 70.7 cm³/mol. The molecule has 0 aliphatic heterocycles. The zero-order valence-electron chi connectivity index (χ0n) is 9.65. The third kappa shape index (κ3) is 4.24. The fourth-order valence-corrected chi connectivity index (χ4v) is 3.86. The van der Waals surface area contributed by atoms with Gasteiger partial charge in [-0.15, -0.1) is 0 Å². The van der Waals surface area contributed by atoms with Gasteiger partial charge < -0.3 is 0 Å². The van der Waals surface area contributed by atoms with Crippen LogP contribution in [0.15, 0.2) is 33.6 Å². The summed E-state index contributed by atoms with van der Waals surface area (Å²) in [6.45, 7) is 1.78. The Morgan fingerprint density at radius 1 is 1.29 bits per heavy atom. The second-order valence-electron chi connectivity index (χ2n) is 3.75. The highest BCUT2D eigenvalue weighted by Crippen LogP contribution is 2.22. The molecule has 0 radical (unpaired) electrons. The van der Waals surface area contributed by atoms with E-state index in [1.165, 1.54) is 0 Å². The van der Waals surface area contributed by atoms with Gasteiger partial charge in [0, 0.05) is 17.3 Å². The highest BCUT2D eigenvalue weighted by molar-refractivity contribution is 9.10. The Bertz CT molecular complexity index is 494. The molecular weight excluding hydrogens is 304 g/mol. The number of ketones is 1. The molecule has 0 aromatic heterocycles. The lowest BCUT2D eigenvalue weighted by molar-refractivity contribution is -0.118. The molecule has 0 spiro atoms. The molecule has 1 rings (SSSR count). The lowest BCUT2D eigenvalue weighted by Gasteiger charge is -2.05. The molecule has 5 heteroatoms. The summed E-state index contributed by atoms with van der Waals surface area (Å²) in [7, 11) is -3.29. The second-order valence-corrected chi connectivity index (χ2v) is 6.68. The first-order valence-electron chi connectivity index (χ1n) is 5.46. The predicted octanol–water partition coefficient (Wildman–Crippen LogP) is 2.98. The molecule has 0 amide bonds. The Kier molecular flexibility index (Phi) is 5.33. The molecule has 0 N–H and O–H groups in total. The summed E-state index contributed by atoms with van der Waals surface area (Å²) in [5.74, 6) is 0.119. The Labute approximate surface area is 110 Å². The van der Waals surface area contributed by atoms with E-state index in [2.05, 4.69) is 15.9 Å². The molecule has 94 valence electrons. The normalized spacial score (nSPS) is 11.4. The van der Waals surface area contributed by atoms with E-state index in [9.17, 15) is 13.2 Å². The summed E-state index contributed by atoms with van der Waals surface area (Å²) in [6, 6.07) is 6.73. The second kappa shape index (κ2) is 6.31. The van der Waals surface area contributed by atoms with Gasteiger partial charge in [-0.3, -0.25) is 4.79 Å². The Morgan fingerprint density at radius 2 is 1.94 bits per heavy atom. The van der Waals surface area contributed by atoms with E-state index in [1.807, 2.05) is 0 Å². The van der Waals surface area contributed by atoms with Crippen LogP contribution in [0.4, 0.5) is 0 Å². The minimum atomic E-state index is -3.29. The molecule has 3 nitrogen and oxygen atoms in total. The molecule has 1 aromatic rings. The molecule has 0 unspecified atom stereocenters. The van der Waals surface area contributed by atoms with Crippen molar-refractivity contribution < 1.29 is 13.2 Å². The molecule has 0 saturated carbocycles. The number of sulfone groups is 1. The standard InChI is InChI=1S/C12H15BrO3S/c1-2-10(14)6-5-9-17(15,16)12-8-4-3-7-11(12)13/h3-4,7-8H,2,5-6,9H2,1H3. The van der Waals surface area contributed by atoms with E-state index < -0.39 is 9.84 Å². The number of carbonyl (C=O) groups excluding carboxylic acids is 1. The summed E-state index contributed by atoms with van der Waals surface area (Å²) >= 11 is 3.22. The van der Waals surface area contributed by atoms with Crippen LogP contribution < -0.4 is 0 Å². The van der Waals surface area contributed by atoms with Crippen LogP contribution in [0.5, 0.6) is 0 Å². The van der Waals surface area contributed by atoms with Crippen molar-refractivity contribution in [1.29, 1.82) is 0 Å². The molecule has 0 bridgehead atoms. The van der Waals surface area contributed by atoms with Crippen molar-refractivity contribution in [3.05, 3.63) is 28.7 Å². The van der Waals surface area contributed by atoms with Crippen molar-refractivity contribution in [3.8, 4) is 0 Å². The molecule has 1 aromatic carbocycles. The SMILES string of the molecule is CCC(=O)CCCS(=O)(=O)c1ccccc1Br. The summed E-state index contributed by atoms with van der Waals surface area (Å²) in [5, 5.41) is 0. The third-order valence-electron chi connectivity index (χ3n) is 2.43. The van der Waals surface area contributed by atoms with Gasteiger partial charge >= 0.3 is 0 Å². The van der Waals surface area contributed by atoms with Crippen LogP contribution >= 0.6 is 15.9 Å². The molecular formula is C12H15BrO3S. The number of hydrogen-bond donors (Lipinski definition) is 0. The van der Waals surface area contributed by atoms with Crippen molar-refractivity contribution in [2.75, 3.05) is 5.75 Å². The summed E-state index contributed by atoms with van der Waals surface area (Å²) in [4.78, 5) is 11.4. The average Bonchev–Trinajstić information content (AvgIpc) is 2.28. The van der Waals surface area contributed by atoms with E-state index in [-0.39, 0.29) is 11.5 Å². The van der Waals surface area contributed by atoms with Crippen LogP contribution in [0, 0.1) is 0 Å². The quantitative estimate of drug-likeness (QED) is 0.810. The zero-order chi connectivity index (χ0) is 12.9. The number of Topliss-reactive ketones (excluding diaryl/α,β-unsaturated/α-hetero) is 1. The van der Waals surface area contributed by atoms with E-state index in [1.54, 1.807) is 31.2 Å². The molecule has 0 saturated heterocycles. The minimum Gasteiger partial charge on any atom is -0.300 e. The fourth-order valence-electron chi connectivity index (χ4n) is 1.44. The van der Waals surface area contributed by atoms with Crippen LogP contribution in [0.1, 0.15) is 26.2 Å². The average molecular weight is 319 g/mol. The Balaban J connectivity index is 2.70. The molecule has 0 heterocycles. The van der Waals surface area contributed by atoms with Gasteiger partial charge in [0.25, 0.3) is 0 Å². The molecule has 17 heavy (non-hydrogen) atoms. The van der Waals surface area contributed by atoms with Crippen molar-refractivity contribution in [3.63, 3.8) is 0 Å². The number of rotatable bonds is 6. The lowest BCUT2D eigenvalue weighted by Crippen LogP contribution is -2.09. The smallest absolute Gasteiger partial charge is 0.179 e. The van der Waals surface area contributed by atoms with Gasteiger partial charge in [-0.25, -0.2) is 8.42 Å². The first-order chi connectivity index (χ1) is 7.97. The van der Waals surface area contributed by atoms with Gasteiger partial charge in [0.2, 0.25) is 0 Å². The number of hydrogen-bond acceptors (Lipinski definition) is 3. The van der Waals surface area contributed by atoms with Crippen molar-refractivity contribution >= 4 is 31.6 Å². The van der Waals surface area contributed by atoms with E-state index in [0.29, 0.717) is 28.6 Å². The van der Waals surface area contributed by atoms with Crippen LogP contribution in [-0.4, -0.2) is 20.0 Å². The lowest BCUT2D eigenvalue weighted by atomic mass is 10.2. The highest BCUT2D eigenvalue weighted by Gasteiger charge is 2.17. The van der Waals surface area contributed by atoms with Crippen molar-refractivity contribution in [1.82, 2.24) is 0 Å². The van der Waals surface area contributed by atoms with Crippen molar-refractivity contribution in [2.24, 2.45) is 0 Å². The highest BCUT2D eigenvalue weighted by atomic mass is 79.9. The largest absolute Gasteiger partial charge is 0.300 e. The summed E-state index contributed by atoms with van der Waals surface area (Å²) in [5.41, 5.74) is 0. The van der Waals surface area contributed by atoms with Gasteiger partial charge in [-0.2, -0.15) is 0 Å². The fraction of sp³-hybridized carbons (Fsp3) is 0.417. The first-order valence-corrected chi connectivity index (χ1v) is 7.91. The number of carbonyl (C=O) groups is 1. The first kappa shape index (κ1) is 14.4. The van der Waals surface area contributed by atoms with Crippen molar-refractivity contribution in [2.45, 2.75) is 31.1 Å². The molecule has 0 aliphatic carbocycles. The van der Waals surface area contributed by atoms with Gasteiger partial charge in [0.1, 0.15) is 5.78 Å². The van der Waals surface area contributed by atoms with Crippen LogP contribution in [0.25, 0.3) is 0 Å². The zero-order valence-corrected chi connectivity index (χ0v) is 12.1. The molecule has 0 fully saturated rings. The van der Waals surface area contributed by atoms with Crippen LogP contribution in [0.2, 0.25) is 0 Å². The maximum absolute atomic E-state index is 12.0. The van der Waals surface area contributed by atoms with Crippen LogP contribution in [0.3, 0.4) is 0 Å². The third-order valence-corrected chi connectivity index (χ3v) is 5.24. The molecule has 0 atom stereocenters. The Morgan fingerprint density at radius 3 is 2.53 bits per heavy atom. The van der Waals surface area contributed by atoms with Crippen LogP contribution in [-0.2, 0) is 14.6 Å². The minimum absolute atomic E-state index is 0.0152. The summed E-state index contributed by atoms with van der Waals surface area (Å²) < 4.78 is 24.5. The van der Waals surface area contributed by atoms with E-state index in [0.717, 1.165) is 0 Å². The maximum atomic E-state index is 12.0. The van der Waals surface area contributed by atoms with Gasteiger partial charge in [0.05, 0.1) is 10.6 Å². The van der Waals surface area contributed by atoms with E-state index >= 15 is 0 Å². The van der Waals surface area contributed by atoms with Gasteiger partial charge in [-0.1, -0.05) is 19.1 Å². The topological polar surface area (TPSA) is 51.2 Å². The maximum Gasteiger partial charge on any atom is 0.179 e. The Hall–Kier alpha value is -0.680. The van der Waals surface area contributed by atoms with Gasteiger partial charge in [0.15, 0.2) is 9.84 Å². The number of halogens is 1. The molecule has 0 aliphatic rings. The number of benzene rings is 1. The monoisotopic (exact) mass is 318 g/mol.